The zero-order valence-electron chi connectivity index (χ0n) is 12.3. The summed E-state index contributed by atoms with van der Waals surface area (Å²) in [5, 5.41) is 0.530. The SMILES string of the molecule is Cc1ccoc1C(=O)N(C)Cc1nc2ccccc2c(=O)[nH]1. The van der Waals surface area contributed by atoms with Gasteiger partial charge in [-0.05, 0) is 25.1 Å². The van der Waals surface area contributed by atoms with E-state index in [1.54, 1.807) is 38.2 Å². The average molecular weight is 297 g/mol. The fourth-order valence-electron chi connectivity index (χ4n) is 2.27. The number of aromatic amines is 1. The number of benzene rings is 1. The highest BCUT2D eigenvalue weighted by Gasteiger charge is 2.18. The summed E-state index contributed by atoms with van der Waals surface area (Å²) in [6.07, 6.45) is 1.48. The van der Waals surface area contributed by atoms with E-state index < -0.39 is 0 Å². The minimum atomic E-state index is -0.252. The van der Waals surface area contributed by atoms with Gasteiger partial charge in [-0.1, -0.05) is 12.1 Å². The molecule has 1 aromatic carbocycles. The van der Waals surface area contributed by atoms with Crippen molar-refractivity contribution in [3.8, 4) is 0 Å². The van der Waals surface area contributed by atoms with Crippen LogP contribution in [0.25, 0.3) is 10.9 Å². The van der Waals surface area contributed by atoms with Crippen LogP contribution in [0.1, 0.15) is 21.9 Å². The van der Waals surface area contributed by atoms with Crippen LogP contribution in [0.15, 0.2) is 45.8 Å². The van der Waals surface area contributed by atoms with Gasteiger partial charge in [-0.3, -0.25) is 9.59 Å². The third kappa shape index (κ3) is 2.50. The number of furan rings is 1. The predicted octanol–water partition coefficient (Wildman–Crippen LogP) is 2.10. The van der Waals surface area contributed by atoms with E-state index in [1.807, 2.05) is 6.07 Å². The quantitative estimate of drug-likeness (QED) is 0.803. The third-order valence-corrected chi connectivity index (χ3v) is 3.45. The van der Waals surface area contributed by atoms with Crippen LogP contribution < -0.4 is 5.56 Å². The maximum Gasteiger partial charge on any atom is 0.289 e. The molecule has 0 fully saturated rings. The van der Waals surface area contributed by atoms with E-state index in [1.165, 1.54) is 11.2 Å². The van der Waals surface area contributed by atoms with Crippen LogP contribution in [0.4, 0.5) is 0 Å². The Morgan fingerprint density at radius 3 is 2.82 bits per heavy atom. The first-order valence-electron chi connectivity index (χ1n) is 6.84. The number of rotatable bonds is 3. The third-order valence-electron chi connectivity index (χ3n) is 3.45. The molecule has 0 atom stereocenters. The van der Waals surface area contributed by atoms with Crippen LogP contribution in [0, 0.1) is 6.92 Å². The second-order valence-electron chi connectivity index (χ2n) is 5.12. The van der Waals surface area contributed by atoms with E-state index in [4.69, 9.17) is 4.42 Å². The van der Waals surface area contributed by atoms with Crippen molar-refractivity contribution in [2.75, 3.05) is 7.05 Å². The van der Waals surface area contributed by atoms with Crippen LogP contribution in [0.3, 0.4) is 0 Å². The number of carbonyl (C=O) groups is 1. The second-order valence-corrected chi connectivity index (χ2v) is 5.12. The highest BCUT2D eigenvalue weighted by atomic mass is 16.3. The summed E-state index contributed by atoms with van der Waals surface area (Å²) in [4.78, 5) is 32.9. The average Bonchev–Trinajstić information content (AvgIpc) is 2.92. The molecule has 112 valence electrons. The van der Waals surface area contributed by atoms with Gasteiger partial charge in [0.05, 0.1) is 23.7 Å². The molecule has 0 radical (unpaired) electrons. The molecule has 0 aliphatic heterocycles. The van der Waals surface area contributed by atoms with E-state index in [9.17, 15) is 9.59 Å². The van der Waals surface area contributed by atoms with Gasteiger partial charge < -0.3 is 14.3 Å². The van der Waals surface area contributed by atoms with Crippen molar-refractivity contribution in [2.24, 2.45) is 0 Å². The van der Waals surface area contributed by atoms with E-state index in [0.717, 1.165) is 5.56 Å². The monoisotopic (exact) mass is 297 g/mol. The van der Waals surface area contributed by atoms with Crippen LogP contribution >= 0.6 is 0 Å². The Morgan fingerprint density at radius 1 is 1.32 bits per heavy atom. The maximum atomic E-state index is 12.3. The van der Waals surface area contributed by atoms with Gasteiger partial charge in [0.2, 0.25) is 0 Å². The Balaban J connectivity index is 1.88. The number of hydrogen-bond acceptors (Lipinski definition) is 4. The van der Waals surface area contributed by atoms with Crippen LogP contribution in [-0.4, -0.2) is 27.8 Å². The summed E-state index contributed by atoms with van der Waals surface area (Å²) in [6, 6.07) is 8.82. The maximum absolute atomic E-state index is 12.3. The molecule has 3 rings (SSSR count). The molecule has 2 heterocycles. The summed E-state index contributed by atoms with van der Waals surface area (Å²) in [5.74, 6) is 0.479. The Bertz CT molecular complexity index is 895. The first kappa shape index (κ1) is 14.1. The fraction of sp³-hybridized carbons (Fsp3) is 0.188. The molecule has 3 aromatic rings. The summed E-state index contributed by atoms with van der Waals surface area (Å²) < 4.78 is 5.20. The van der Waals surface area contributed by atoms with Crippen molar-refractivity contribution < 1.29 is 9.21 Å². The van der Waals surface area contributed by atoms with Crippen LogP contribution in [0.2, 0.25) is 0 Å². The molecule has 0 spiro atoms. The molecule has 0 saturated carbocycles. The highest BCUT2D eigenvalue weighted by Crippen LogP contribution is 2.13. The van der Waals surface area contributed by atoms with E-state index >= 15 is 0 Å². The van der Waals surface area contributed by atoms with Crippen molar-refractivity contribution in [3.63, 3.8) is 0 Å². The zero-order valence-corrected chi connectivity index (χ0v) is 12.3. The van der Waals surface area contributed by atoms with Gasteiger partial charge in [-0.2, -0.15) is 0 Å². The van der Waals surface area contributed by atoms with Gasteiger partial charge in [0, 0.05) is 12.6 Å². The molecule has 0 saturated heterocycles. The molecular formula is C16H15N3O3. The molecule has 0 bridgehead atoms. The lowest BCUT2D eigenvalue weighted by atomic mass is 10.2. The normalized spacial score (nSPS) is 10.8. The number of carbonyl (C=O) groups excluding carboxylic acids is 1. The van der Waals surface area contributed by atoms with Gasteiger partial charge in [0.25, 0.3) is 11.5 Å². The Morgan fingerprint density at radius 2 is 2.09 bits per heavy atom. The smallest absolute Gasteiger partial charge is 0.289 e. The number of nitrogens with zero attached hydrogens (tertiary/aromatic N) is 2. The van der Waals surface area contributed by atoms with Gasteiger partial charge in [-0.15, -0.1) is 0 Å². The van der Waals surface area contributed by atoms with E-state index in [0.29, 0.717) is 22.5 Å². The lowest BCUT2D eigenvalue weighted by Crippen LogP contribution is -2.28. The molecule has 0 aliphatic rings. The Labute approximate surface area is 126 Å². The van der Waals surface area contributed by atoms with Crippen molar-refractivity contribution in [1.82, 2.24) is 14.9 Å². The number of amides is 1. The molecule has 1 amide bonds. The number of fused-ring (bicyclic) bond motifs is 1. The minimum Gasteiger partial charge on any atom is -0.459 e. The molecule has 22 heavy (non-hydrogen) atoms. The first-order valence-corrected chi connectivity index (χ1v) is 6.84. The first-order chi connectivity index (χ1) is 10.6. The number of H-pyrrole nitrogens is 1. The molecule has 2 aromatic heterocycles. The van der Waals surface area contributed by atoms with Gasteiger partial charge in [0.15, 0.2) is 5.76 Å². The summed E-state index contributed by atoms with van der Waals surface area (Å²) >= 11 is 0. The molecule has 0 unspecified atom stereocenters. The standard InChI is InChI=1S/C16H15N3O3/c1-10-7-8-22-14(10)16(21)19(2)9-13-17-12-6-4-3-5-11(12)15(20)18-13/h3-8H,9H2,1-2H3,(H,17,18,20). The van der Waals surface area contributed by atoms with E-state index in [-0.39, 0.29) is 18.0 Å². The minimum absolute atomic E-state index is 0.193. The summed E-state index contributed by atoms with van der Waals surface area (Å²) in [5.41, 5.74) is 1.17. The van der Waals surface area contributed by atoms with Gasteiger partial charge in [-0.25, -0.2) is 4.98 Å². The van der Waals surface area contributed by atoms with Gasteiger partial charge in [0.1, 0.15) is 5.82 Å². The predicted molar refractivity (Wildman–Crippen MR) is 81.6 cm³/mol. The molecule has 1 N–H and O–H groups in total. The van der Waals surface area contributed by atoms with E-state index in [2.05, 4.69) is 9.97 Å². The number of para-hydroxylation sites is 1. The lowest BCUT2D eigenvalue weighted by Gasteiger charge is -2.15. The number of hydrogen-bond donors (Lipinski definition) is 1. The molecular weight excluding hydrogens is 282 g/mol. The van der Waals surface area contributed by atoms with Crippen molar-refractivity contribution >= 4 is 16.8 Å². The number of nitrogens with one attached hydrogen (secondary N) is 1. The second kappa shape index (κ2) is 5.48. The Hall–Kier alpha value is -2.89. The molecule has 6 nitrogen and oxygen atoms in total. The zero-order chi connectivity index (χ0) is 15.7. The topological polar surface area (TPSA) is 79.2 Å². The van der Waals surface area contributed by atoms with Crippen molar-refractivity contribution in [2.45, 2.75) is 13.5 Å². The van der Waals surface area contributed by atoms with Crippen molar-refractivity contribution in [1.29, 1.82) is 0 Å². The van der Waals surface area contributed by atoms with Crippen molar-refractivity contribution in [3.05, 3.63) is 64.1 Å². The number of aromatic nitrogens is 2. The fourth-order valence-corrected chi connectivity index (χ4v) is 2.27. The summed E-state index contributed by atoms with van der Waals surface area (Å²) in [6.45, 7) is 2.00. The molecule has 0 aliphatic carbocycles. The summed E-state index contributed by atoms with van der Waals surface area (Å²) in [7, 11) is 1.64. The Kier molecular flexibility index (Phi) is 3.50. The van der Waals surface area contributed by atoms with Gasteiger partial charge >= 0.3 is 0 Å². The van der Waals surface area contributed by atoms with Crippen LogP contribution in [0.5, 0.6) is 0 Å². The highest BCUT2D eigenvalue weighted by molar-refractivity contribution is 5.92. The number of aryl methyl sites for hydroxylation is 1. The largest absolute Gasteiger partial charge is 0.459 e. The lowest BCUT2D eigenvalue weighted by molar-refractivity contribution is 0.0749. The van der Waals surface area contributed by atoms with Crippen LogP contribution in [-0.2, 0) is 6.54 Å². The molecule has 6 heteroatoms.